The average molecular weight is 627 g/mol. The molecule has 0 radical (unpaired) electrons. The number of carbonyl (C=O) groups excluding carboxylic acids is 2. The number of hydrogen-bond donors (Lipinski definition) is 4. The van der Waals surface area contributed by atoms with E-state index in [0.717, 1.165) is 57.8 Å². The second-order valence-corrected chi connectivity index (χ2v) is 18.4. The summed E-state index contributed by atoms with van der Waals surface area (Å²) in [5.74, 6) is 1.90. The van der Waals surface area contributed by atoms with E-state index < -0.39 is 10.8 Å². The van der Waals surface area contributed by atoms with E-state index in [-0.39, 0.29) is 68.4 Å². The van der Waals surface area contributed by atoms with E-state index in [4.69, 9.17) is 16.2 Å². The second kappa shape index (κ2) is 10.1. The smallest absolute Gasteiger partial charge is 0.312 e. The molecule has 1 heterocycles. The van der Waals surface area contributed by atoms with Crippen LogP contribution in [0.2, 0.25) is 0 Å². The van der Waals surface area contributed by atoms with Gasteiger partial charge in [-0.1, -0.05) is 58.8 Å². The molecule has 9 heteroatoms. The molecule has 0 spiro atoms. The maximum atomic E-state index is 14.7. The number of hydrogen-bond acceptors (Lipinski definition) is 7. The van der Waals surface area contributed by atoms with Crippen molar-refractivity contribution in [2.45, 2.75) is 138 Å². The SMILES string of the molecule is CC1(C)CC[C@]23CC[C@]4(C)[C@H](CC[C@@H]5[C@@]6(C)CC(CC/C(N)=N/O)(CC/C(N)=N/O)C(=O)C(C)(C)[C@@H]6CC[C@]54C)[C@H]2[C@H]1OC3=O. The fourth-order valence-corrected chi connectivity index (χ4v) is 13.6. The first-order valence-corrected chi connectivity index (χ1v) is 17.6. The highest BCUT2D eigenvalue weighted by atomic mass is 16.6. The van der Waals surface area contributed by atoms with Crippen LogP contribution in [0.4, 0.5) is 0 Å². The number of nitrogens with zero attached hydrogens (tertiary/aromatic N) is 2. The molecule has 0 aromatic carbocycles. The zero-order chi connectivity index (χ0) is 33.0. The van der Waals surface area contributed by atoms with Gasteiger partial charge < -0.3 is 26.6 Å². The summed E-state index contributed by atoms with van der Waals surface area (Å²) >= 11 is 0. The predicted molar refractivity (Wildman–Crippen MR) is 172 cm³/mol. The first-order chi connectivity index (χ1) is 20.9. The van der Waals surface area contributed by atoms with Crippen molar-refractivity contribution in [3.8, 4) is 0 Å². The zero-order valence-electron chi connectivity index (χ0n) is 28.7. The van der Waals surface area contributed by atoms with Gasteiger partial charge in [0.2, 0.25) is 0 Å². The van der Waals surface area contributed by atoms with Crippen molar-refractivity contribution in [2.24, 2.45) is 83.4 Å². The number of esters is 1. The maximum absolute atomic E-state index is 14.7. The highest BCUT2D eigenvalue weighted by Gasteiger charge is 2.76. The Morgan fingerprint density at radius 3 is 2.00 bits per heavy atom. The maximum Gasteiger partial charge on any atom is 0.312 e. The molecule has 9 atom stereocenters. The van der Waals surface area contributed by atoms with Crippen molar-refractivity contribution in [1.29, 1.82) is 0 Å². The molecule has 45 heavy (non-hydrogen) atoms. The molecule has 5 saturated carbocycles. The summed E-state index contributed by atoms with van der Waals surface area (Å²) in [5.41, 5.74) is 10.4. The van der Waals surface area contributed by atoms with Crippen molar-refractivity contribution in [3.63, 3.8) is 0 Å². The molecule has 2 bridgehead atoms. The third-order valence-electron chi connectivity index (χ3n) is 16.0. The van der Waals surface area contributed by atoms with E-state index in [0.29, 0.717) is 37.5 Å². The summed E-state index contributed by atoms with van der Waals surface area (Å²) < 4.78 is 6.33. The molecule has 0 unspecified atom stereocenters. The Morgan fingerprint density at radius 2 is 1.40 bits per heavy atom. The van der Waals surface area contributed by atoms with E-state index >= 15 is 0 Å². The molecule has 0 aromatic rings. The number of carbonyl (C=O) groups is 2. The van der Waals surface area contributed by atoms with Crippen LogP contribution in [0.3, 0.4) is 0 Å². The summed E-state index contributed by atoms with van der Waals surface area (Å²) in [6.07, 6.45) is 10.5. The standard InChI is InChI=1S/C36H58N4O5/c1-30(2)16-18-36-19-17-33(6)21(26(36)27(30)45-29(36)42)8-9-23-32(5)20-35(14-11-24(37)39-43,15-12-25(38)40-44)28(41)31(3,4)22(32)10-13-34(23,33)7/h21-23,26-27,43-44H,8-20H2,1-7H3,(H2,37,39)(H2,38,40)/t21-,22+,23-,26+,27-,32+,33-,34-,36+/m1/s1. The number of ether oxygens (including phenoxy) is 1. The molecule has 252 valence electrons. The predicted octanol–water partition coefficient (Wildman–Crippen LogP) is 6.62. The largest absolute Gasteiger partial charge is 0.461 e. The molecular weight excluding hydrogens is 568 g/mol. The van der Waals surface area contributed by atoms with Crippen LogP contribution in [0, 0.1) is 61.6 Å². The van der Waals surface area contributed by atoms with Crippen molar-refractivity contribution >= 4 is 23.4 Å². The van der Waals surface area contributed by atoms with E-state index in [1.165, 1.54) is 0 Å². The average Bonchev–Trinajstić information content (AvgIpc) is 3.24. The lowest BCUT2D eigenvalue weighted by Gasteiger charge is -2.73. The Morgan fingerprint density at radius 1 is 0.800 bits per heavy atom. The molecule has 6 rings (SSSR count). The van der Waals surface area contributed by atoms with Crippen molar-refractivity contribution < 1.29 is 24.7 Å². The number of nitrogens with two attached hydrogens (primary N) is 2. The Balaban J connectivity index is 1.41. The van der Waals surface area contributed by atoms with E-state index in [1.807, 2.05) is 0 Å². The third-order valence-corrected chi connectivity index (χ3v) is 16.0. The molecule has 1 aliphatic heterocycles. The minimum Gasteiger partial charge on any atom is -0.461 e. The number of rotatable bonds is 6. The summed E-state index contributed by atoms with van der Waals surface area (Å²) in [6, 6.07) is 0. The Bertz CT molecular complexity index is 1300. The highest BCUT2D eigenvalue weighted by Crippen LogP contribution is 2.79. The zero-order valence-corrected chi connectivity index (χ0v) is 28.7. The molecule has 6 aliphatic rings. The topological polar surface area (TPSA) is 161 Å². The third kappa shape index (κ3) is 4.15. The van der Waals surface area contributed by atoms with Gasteiger partial charge >= 0.3 is 5.97 Å². The Labute approximate surface area is 269 Å². The summed E-state index contributed by atoms with van der Waals surface area (Å²) in [7, 11) is 0. The first-order valence-electron chi connectivity index (χ1n) is 17.6. The van der Waals surface area contributed by atoms with Crippen LogP contribution in [0.25, 0.3) is 0 Å². The van der Waals surface area contributed by atoms with Crippen LogP contribution in [-0.2, 0) is 14.3 Å². The number of ketones is 1. The summed E-state index contributed by atoms with van der Waals surface area (Å²) in [6.45, 7) is 16.5. The van der Waals surface area contributed by atoms with Gasteiger partial charge in [0.1, 0.15) is 23.6 Å². The quantitative estimate of drug-likeness (QED) is 0.0847. The molecular formula is C36H58N4O5. The molecule has 1 saturated heterocycles. The Hall–Kier alpha value is -2.32. The fraction of sp³-hybridized carbons (Fsp3) is 0.889. The van der Waals surface area contributed by atoms with Crippen LogP contribution >= 0.6 is 0 Å². The van der Waals surface area contributed by atoms with Crippen LogP contribution in [0.1, 0.15) is 132 Å². The lowest BCUT2D eigenvalue weighted by Crippen LogP contribution is -2.69. The number of Topliss-reactive ketones (excluding diaryl/α,β-unsaturated/α-hetero) is 1. The van der Waals surface area contributed by atoms with Gasteiger partial charge in [0, 0.05) is 35.0 Å². The van der Waals surface area contributed by atoms with Crippen LogP contribution in [0.15, 0.2) is 10.3 Å². The van der Waals surface area contributed by atoms with E-state index in [1.54, 1.807) is 0 Å². The van der Waals surface area contributed by atoms with Gasteiger partial charge in [0.15, 0.2) is 0 Å². The second-order valence-electron chi connectivity index (χ2n) is 18.4. The molecule has 9 nitrogen and oxygen atoms in total. The first kappa shape index (κ1) is 32.6. The van der Waals surface area contributed by atoms with Crippen LogP contribution in [0.5, 0.6) is 0 Å². The van der Waals surface area contributed by atoms with Gasteiger partial charge in [0.25, 0.3) is 0 Å². The monoisotopic (exact) mass is 626 g/mol. The van der Waals surface area contributed by atoms with Gasteiger partial charge in [-0.3, -0.25) is 9.59 Å². The fourth-order valence-electron chi connectivity index (χ4n) is 13.6. The van der Waals surface area contributed by atoms with Crippen LogP contribution < -0.4 is 11.5 Å². The van der Waals surface area contributed by atoms with Crippen molar-refractivity contribution in [1.82, 2.24) is 0 Å². The summed E-state index contributed by atoms with van der Waals surface area (Å²) in [5, 5.41) is 25.2. The van der Waals surface area contributed by atoms with Crippen LogP contribution in [-0.4, -0.2) is 39.9 Å². The van der Waals surface area contributed by atoms with Gasteiger partial charge in [-0.2, -0.15) is 0 Å². The van der Waals surface area contributed by atoms with Crippen molar-refractivity contribution in [2.75, 3.05) is 0 Å². The molecule has 5 aliphatic carbocycles. The molecule has 0 amide bonds. The normalized spacial score (nSPS) is 46.3. The summed E-state index contributed by atoms with van der Waals surface area (Å²) in [4.78, 5) is 28.3. The molecule has 6 N–H and O–H groups in total. The molecule has 6 fully saturated rings. The van der Waals surface area contributed by atoms with Gasteiger partial charge in [-0.05, 0) is 105 Å². The van der Waals surface area contributed by atoms with E-state index in [2.05, 4.69) is 58.8 Å². The number of fused-ring (bicyclic) bond motifs is 5. The Kier molecular flexibility index (Phi) is 7.31. The lowest BCUT2D eigenvalue weighted by molar-refractivity contribution is -0.248. The lowest BCUT2D eigenvalue weighted by atomic mass is 9.30. The van der Waals surface area contributed by atoms with Gasteiger partial charge in [0.05, 0.1) is 5.41 Å². The van der Waals surface area contributed by atoms with Crippen molar-refractivity contribution in [3.05, 3.63) is 0 Å². The minimum absolute atomic E-state index is 0.00718. The van der Waals surface area contributed by atoms with Gasteiger partial charge in [-0.25, -0.2) is 0 Å². The number of amidine groups is 2. The molecule has 0 aromatic heterocycles. The number of oxime groups is 2. The van der Waals surface area contributed by atoms with Gasteiger partial charge in [-0.15, -0.1) is 0 Å². The van der Waals surface area contributed by atoms with E-state index in [9.17, 15) is 20.0 Å². The minimum atomic E-state index is -0.737. The highest BCUT2D eigenvalue weighted by molar-refractivity contribution is 5.93.